The van der Waals surface area contributed by atoms with Crippen LogP contribution in [0.15, 0.2) is 0 Å². The third-order valence-corrected chi connectivity index (χ3v) is 0. The molecule has 0 aromatic carbocycles. The molecule has 32 valence electrons. The minimum absolute atomic E-state index is 0. The number of hydrogen-bond donors (Lipinski definition) is 0. The van der Waals surface area contributed by atoms with Crippen molar-refractivity contribution < 1.29 is 47.1 Å². The van der Waals surface area contributed by atoms with Crippen molar-refractivity contribution in [2.45, 2.75) is 6.43 Å². The van der Waals surface area contributed by atoms with Gasteiger partial charge in [0.1, 0.15) is 0 Å². The molecule has 0 radical (unpaired) electrons. The van der Waals surface area contributed by atoms with Gasteiger partial charge in [-0.15, -0.1) is 17.6 Å². The molecule has 0 amide bonds. The molecule has 0 saturated heterocycles. The minimum Gasteiger partial charge on any atom is -0.140 e. The summed E-state index contributed by atoms with van der Waals surface area (Å²) in [4.78, 5) is 0. The van der Waals surface area contributed by atoms with Crippen LogP contribution in [0.2, 0.25) is 0 Å². The first kappa shape index (κ1) is 9.87. The number of hydrogen-bond acceptors (Lipinski definition) is 0. The van der Waals surface area contributed by atoms with Crippen molar-refractivity contribution >= 4 is 0 Å². The number of alkyl halides is 4. The van der Waals surface area contributed by atoms with Crippen LogP contribution in [0.3, 0.4) is 0 Å². The van der Waals surface area contributed by atoms with Gasteiger partial charge in [-0.3, -0.25) is 0 Å². The second kappa shape index (κ2) is 2.82. The normalized spacial score (nSPS) is 10.0. The van der Waals surface area contributed by atoms with Gasteiger partial charge in [0, 0.05) is 0 Å². The average molecular weight is 111 g/mol. The Hall–Kier alpha value is 0.720. The van der Waals surface area contributed by atoms with Gasteiger partial charge in [-0.25, -0.2) is 0 Å². The zero-order valence-corrected chi connectivity index (χ0v) is 5.01. The summed E-state index contributed by atoms with van der Waals surface area (Å²) in [6.07, 6.45) is -5.50. The first-order chi connectivity index (χ1) is 2.00. The molecule has 0 aromatic heterocycles. The summed E-state index contributed by atoms with van der Waals surface area (Å²) in [5, 5.41) is 0. The summed E-state index contributed by atoms with van der Waals surface area (Å²) >= 11 is 0. The van der Waals surface area contributed by atoms with Crippen LogP contribution in [0.4, 0.5) is 17.6 Å². The van der Waals surface area contributed by atoms with E-state index in [1.165, 1.54) is 0 Å². The van der Waals surface area contributed by atoms with E-state index in [2.05, 4.69) is 0 Å². The Morgan fingerprint density at radius 1 is 0.833 bits per heavy atom. The second-order valence-corrected chi connectivity index (χ2v) is 0.429. The van der Waals surface area contributed by atoms with Gasteiger partial charge in [0.2, 0.25) is 0 Å². The van der Waals surface area contributed by atoms with E-state index in [-0.39, 0.29) is 29.6 Å². The Morgan fingerprint density at radius 2 is 0.833 bits per heavy atom. The smallest absolute Gasteiger partial charge is 0.140 e. The SMILES string of the molecule is FC(F)(F)F.[Na+]. The Balaban J connectivity index is 0. The molecule has 0 N–H and O–H groups in total. The third-order valence-electron chi connectivity index (χ3n) is 0. The van der Waals surface area contributed by atoms with E-state index in [1.54, 1.807) is 0 Å². The first-order valence-electron chi connectivity index (χ1n) is 0.756. The number of rotatable bonds is 0. The fourth-order valence-electron chi connectivity index (χ4n) is 0. The van der Waals surface area contributed by atoms with Gasteiger partial charge in [-0.05, 0) is 0 Å². The zero-order chi connectivity index (χ0) is 4.50. The number of halogens is 4. The van der Waals surface area contributed by atoms with Crippen molar-refractivity contribution in [3.8, 4) is 0 Å². The molecule has 0 bridgehead atoms. The predicted molar refractivity (Wildman–Crippen MR) is 7.16 cm³/mol. The molecule has 0 saturated carbocycles. The summed E-state index contributed by atoms with van der Waals surface area (Å²) in [6, 6.07) is 0. The predicted octanol–water partition coefficient (Wildman–Crippen LogP) is -1.52. The second-order valence-electron chi connectivity index (χ2n) is 0.429. The van der Waals surface area contributed by atoms with E-state index < -0.39 is 6.43 Å². The third kappa shape index (κ3) is 126. The molecule has 5 heteroatoms. The minimum atomic E-state index is -5.50. The van der Waals surface area contributed by atoms with E-state index >= 15 is 0 Å². The van der Waals surface area contributed by atoms with Crippen LogP contribution in [0, 0.1) is 0 Å². The molecule has 0 unspecified atom stereocenters. The van der Waals surface area contributed by atoms with Crippen LogP contribution in [0.25, 0.3) is 0 Å². The van der Waals surface area contributed by atoms with Crippen LogP contribution in [-0.4, -0.2) is 6.43 Å². The van der Waals surface area contributed by atoms with E-state index in [4.69, 9.17) is 0 Å². The van der Waals surface area contributed by atoms with Gasteiger partial charge in [-0.1, -0.05) is 0 Å². The fraction of sp³-hybridized carbons (Fsp3) is 1.00. The maximum atomic E-state index is 9.69. The van der Waals surface area contributed by atoms with Crippen molar-refractivity contribution in [2.75, 3.05) is 0 Å². The molecule has 0 heterocycles. The summed E-state index contributed by atoms with van der Waals surface area (Å²) < 4.78 is 38.8. The molecule has 0 fully saturated rings. The van der Waals surface area contributed by atoms with E-state index in [0.29, 0.717) is 0 Å². The molecule has 0 aromatic rings. The zero-order valence-electron chi connectivity index (χ0n) is 3.01. The standard InChI is InChI=1S/CF4.Na/c2-1(3,4)5;/q;+1. The summed E-state index contributed by atoms with van der Waals surface area (Å²) in [5.74, 6) is 0. The Morgan fingerprint density at radius 3 is 0.833 bits per heavy atom. The molecular formula is CF4Na+. The van der Waals surface area contributed by atoms with E-state index in [1.807, 2.05) is 0 Å². The molecule has 0 nitrogen and oxygen atoms in total. The van der Waals surface area contributed by atoms with Crippen LogP contribution >= 0.6 is 0 Å². The van der Waals surface area contributed by atoms with Gasteiger partial charge in [-0.2, -0.15) is 0 Å². The summed E-state index contributed by atoms with van der Waals surface area (Å²) in [7, 11) is 0. The van der Waals surface area contributed by atoms with Crippen LogP contribution in [-0.2, 0) is 0 Å². The molecular weight excluding hydrogens is 111 g/mol. The quantitative estimate of drug-likeness (QED) is 0.263. The summed E-state index contributed by atoms with van der Waals surface area (Å²) in [6.45, 7) is 0. The molecule has 0 atom stereocenters. The Labute approximate surface area is 53.8 Å². The molecule has 0 spiro atoms. The Kier molecular flexibility index (Phi) is 4.64. The monoisotopic (exact) mass is 111 g/mol. The van der Waals surface area contributed by atoms with Crippen molar-refractivity contribution in [1.29, 1.82) is 0 Å². The van der Waals surface area contributed by atoms with Gasteiger partial charge in [0.25, 0.3) is 0 Å². The maximum absolute atomic E-state index is 9.69. The van der Waals surface area contributed by atoms with Gasteiger partial charge >= 0.3 is 36.0 Å². The van der Waals surface area contributed by atoms with Crippen molar-refractivity contribution in [2.24, 2.45) is 0 Å². The van der Waals surface area contributed by atoms with Gasteiger partial charge in [0.05, 0.1) is 0 Å². The van der Waals surface area contributed by atoms with Crippen LogP contribution in [0.5, 0.6) is 0 Å². The molecule has 0 rings (SSSR count). The van der Waals surface area contributed by atoms with Crippen LogP contribution in [0.1, 0.15) is 0 Å². The molecule has 0 aliphatic carbocycles. The van der Waals surface area contributed by atoms with Gasteiger partial charge in [0.15, 0.2) is 0 Å². The largest absolute Gasteiger partial charge is 1.00 e. The van der Waals surface area contributed by atoms with Gasteiger partial charge < -0.3 is 0 Å². The van der Waals surface area contributed by atoms with Crippen molar-refractivity contribution in [3.63, 3.8) is 0 Å². The molecule has 0 aliphatic heterocycles. The van der Waals surface area contributed by atoms with Crippen molar-refractivity contribution in [1.82, 2.24) is 0 Å². The first-order valence-corrected chi connectivity index (χ1v) is 0.756. The van der Waals surface area contributed by atoms with Crippen molar-refractivity contribution in [3.05, 3.63) is 0 Å². The summed E-state index contributed by atoms with van der Waals surface area (Å²) in [5.41, 5.74) is 0. The molecule has 6 heavy (non-hydrogen) atoms. The fourth-order valence-corrected chi connectivity index (χ4v) is 0. The molecule has 0 aliphatic rings. The van der Waals surface area contributed by atoms with E-state index in [9.17, 15) is 17.6 Å². The average Bonchev–Trinajstić information content (AvgIpc) is 0.722. The van der Waals surface area contributed by atoms with Crippen LogP contribution < -0.4 is 29.6 Å². The van der Waals surface area contributed by atoms with E-state index in [0.717, 1.165) is 0 Å². The maximum Gasteiger partial charge on any atom is 1.00 e. The topological polar surface area (TPSA) is 0 Å². The Bertz CT molecular complexity index is 23.0.